The van der Waals surface area contributed by atoms with Gasteiger partial charge in [-0.3, -0.25) is 4.79 Å². The summed E-state index contributed by atoms with van der Waals surface area (Å²) in [4.78, 5) is 12.2. The highest BCUT2D eigenvalue weighted by Crippen LogP contribution is 2.26. The fourth-order valence-corrected chi connectivity index (χ4v) is 4.51. The van der Waals surface area contributed by atoms with Gasteiger partial charge in [0.15, 0.2) is 0 Å². The zero-order valence-corrected chi connectivity index (χ0v) is 15.9. The van der Waals surface area contributed by atoms with Gasteiger partial charge in [-0.15, -0.1) is 0 Å². The van der Waals surface area contributed by atoms with E-state index >= 15 is 0 Å². The summed E-state index contributed by atoms with van der Waals surface area (Å²) in [7, 11) is -3.91. The lowest BCUT2D eigenvalue weighted by molar-refractivity contribution is -0.143. The molecule has 0 saturated carbocycles. The largest absolute Gasteiger partial charge is 0.465 e. The number of fused-ring (bicyclic) bond motifs is 1. The fourth-order valence-electron chi connectivity index (χ4n) is 2.92. The first kappa shape index (κ1) is 19.1. The van der Waals surface area contributed by atoms with Gasteiger partial charge in [0, 0.05) is 11.9 Å². The third-order valence-electron chi connectivity index (χ3n) is 4.18. The smallest absolute Gasteiger partial charge is 0.321 e. The van der Waals surface area contributed by atoms with Crippen molar-refractivity contribution in [3.05, 3.63) is 78.4 Å². The Bertz CT molecular complexity index is 1030. The number of nitrogens with zero attached hydrogens (tertiary/aromatic N) is 1. The van der Waals surface area contributed by atoms with Gasteiger partial charge in [0.25, 0.3) is 0 Å². The van der Waals surface area contributed by atoms with E-state index in [1.807, 2.05) is 48.5 Å². The van der Waals surface area contributed by atoms with E-state index in [4.69, 9.17) is 4.74 Å². The van der Waals surface area contributed by atoms with Gasteiger partial charge in [-0.25, -0.2) is 8.42 Å². The van der Waals surface area contributed by atoms with E-state index < -0.39 is 16.0 Å². The van der Waals surface area contributed by atoms with E-state index in [-0.39, 0.29) is 24.6 Å². The molecular formula is C21H21NO4S. The quantitative estimate of drug-likeness (QED) is 0.585. The molecule has 0 atom stereocenters. The lowest BCUT2D eigenvalue weighted by Crippen LogP contribution is -2.36. The zero-order chi connectivity index (χ0) is 19.3. The van der Waals surface area contributed by atoms with Crippen molar-refractivity contribution in [3.8, 4) is 0 Å². The molecule has 3 aromatic carbocycles. The van der Waals surface area contributed by atoms with Crippen molar-refractivity contribution < 1.29 is 17.9 Å². The molecular weight excluding hydrogens is 362 g/mol. The second kappa shape index (κ2) is 8.33. The maximum Gasteiger partial charge on any atom is 0.321 e. The molecule has 0 aliphatic rings. The summed E-state index contributed by atoms with van der Waals surface area (Å²) in [6.07, 6.45) is 0. The molecule has 0 amide bonds. The van der Waals surface area contributed by atoms with Crippen molar-refractivity contribution in [1.29, 1.82) is 0 Å². The molecule has 3 aromatic rings. The molecule has 0 unspecified atom stereocenters. The van der Waals surface area contributed by atoms with E-state index in [1.54, 1.807) is 31.2 Å². The Hall–Kier alpha value is -2.70. The predicted molar refractivity (Wildman–Crippen MR) is 105 cm³/mol. The fraction of sp³-hybridized carbons (Fsp3) is 0.190. The molecule has 0 heterocycles. The summed E-state index contributed by atoms with van der Waals surface area (Å²) in [6.45, 7) is 1.64. The highest BCUT2D eigenvalue weighted by Gasteiger charge is 2.28. The van der Waals surface area contributed by atoms with Crippen molar-refractivity contribution in [3.63, 3.8) is 0 Å². The Kier molecular flexibility index (Phi) is 5.88. The van der Waals surface area contributed by atoms with Crippen LogP contribution in [0.25, 0.3) is 10.8 Å². The van der Waals surface area contributed by atoms with E-state index in [0.717, 1.165) is 10.9 Å². The second-order valence-corrected chi connectivity index (χ2v) is 7.95. The summed E-state index contributed by atoms with van der Waals surface area (Å²) in [5, 5.41) is 1.45. The van der Waals surface area contributed by atoms with Gasteiger partial charge >= 0.3 is 5.97 Å². The monoisotopic (exact) mass is 383 g/mol. The minimum absolute atomic E-state index is 0.0885. The molecule has 0 aliphatic heterocycles. The molecule has 0 spiro atoms. The van der Waals surface area contributed by atoms with Gasteiger partial charge in [0.1, 0.15) is 6.54 Å². The Morgan fingerprint density at radius 2 is 1.59 bits per heavy atom. The Labute approximate surface area is 159 Å². The Balaban J connectivity index is 2.04. The Morgan fingerprint density at radius 1 is 0.926 bits per heavy atom. The van der Waals surface area contributed by atoms with Crippen LogP contribution < -0.4 is 0 Å². The average Bonchev–Trinajstić information content (AvgIpc) is 2.68. The van der Waals surface area contributed by atoms with Crippen LogP contribution in [0.1, 0.15) is 12.5 Å². The molecule has 3 rings (SSSR count). The van der Waals surface area contributed by atoms with Crippen LogP contribution in [0.2, 0.25) is 0 Å². The van der Waals surface area contributed by atoms with Crippen LogP contribution in [0, 0.1) is 0 Å². The van der Waals surface area contributed by atoms with Gasteiger partial charge in [-0.05, 0) is 23.9 Å². The van der Waals surface area contributed by atoms with E-state index in [2.05, 4.69) is 0 Å². The normalized spacial score (nSPS) is 11.6. The van der Waals surface area contributed by atoms with Crippen LogP contribution in [0.3, 0.4) is 0 Å². The lowest BCUT2D eigenvalue weighted by Gasteiger charge is -2.22. The molecule has 27 heavy (non-hydrogen) atoms. The van der Waals surface area contributed by atoms with Crippen LogP contribution in [0.5, 0.6) is 0 Å². The molecule has 0 bridgehead atoms. The average molecular weight is 383 g/mol. The van der Waals surface area contributed by atoms with Crippen molar-refractivity contribution in [2.75, 3.05) is 13.2 Å². The van der Waals surface area contributed by atoms with Crippen LogP contribution in [0.4, 0.5) is 0 Å². The molecule has 0 aliphatic carbocycles. The van der Waals surface area contributed by atoms with Crippen LogP contribution in [-0.4, -0.2) is 31.8 Å². The summed E-state index contributed by atoms with van der Waals surface area (Å²) in [6, 6.07) is 21.6. The zero-order valence-electron chi connectivity index (χ0n) is 15.0. The summed E-state index contributed by atoms with van der Waals surface area (Å²) < 4.78 is 33.0. The molecule has 5 nitrogen and oxygen atoms in total. The Morgan fingerprint density at radius 3 is 2.33 bits per heavy atom. The van der Waals surface area contributed by atoms with Crippen LogP contribution in [-0.2, 0) is 26.1 Å². The molecule has 0 aromatic heterocycles. The third-order valence-corrected chi connectivity index (χ3v) is 6.03. The first-order chi connectivity index (χ1) is 13.0. The highest BCUT2D eigenvalue weighted by molar-refractivity contribution is 7.89. The maximum absolute atomic E-state index is 13.4. The molecule has 6 heteroatoms. The second-order valence-electron chi connectivity index (χ2n) is 6.04. The highest BCUT2D eigenvalue weighted by atomic mass is 32.2. The van der Waals surface area contributed by atoms with Crippen molar-refractivity contribution in [2.45, 2.75) is 18.4 Å². The van der Waals surface area contributed by atoms with E-state index in [1.165, 1.54) is 4.31 Å². The number of esters is 1. The number of carbonyl (C=O) groups is 1. The van der Waals surface area contributed by atoms with Crippen molar-refractivity contribution in [2.24, 2.45) is 0 Å². The number of benzene rings is 3. The number of ether oxygens (including phenoxy) is 1. The number of carbonyl (C=O) groups excluding carboxylic acids is 1. The number of sulfonamides is 1. The maximum atomic E-state index is 13.4. The third kappa shape index (κ3) is 4.35. The molecule has 140 valence electrons. The predicted octanol–water partition coefficient (Wildman–Crippen LogP) is 3.59. The minimum atomic E-state index is -3.91. The SMILES string of the molecule is CCOC(=O)CN(Cc1ccccc1)S(=O)(=O)c1cccc2ccccc12. The van der Waals surface area contributed by atoms with Crippen LogP contribution >= 0.6 is 0 Å². The van der Waals surface area contributed by atoms with Crippen molar-refractivity contribution >= 4 is 26.8 Å². The van der Waals surface area contributed by atoms with E-state index in [9.17, 15) is 13.2 Å². The van der Waals surface area contributed by atoms with Gasteiger partial charge in [0.05, 0.1) is 11.5 Å². The number of hydrogen-bond acceptors (Lipinski definition) is 4. The molecule has 0 N–H and O–H groups in total. The van der Waals surface area contributed by atoms with Crippen molar-refractivity contribution in [1.82, 2.24) is 4.31 Å². The van der Waals surface area contributed by atoms with Gasteiger partial charge < -0.3 is 4.74 Å². The van der Waals surface area contributed by atoms with E-state index in [0.29, 0.717) is 5.39 Å². The van der Waals surface area contributed by atoms with Crippen LogP contribution in [0.15, 0.2) is 77.7 Å². The first-order valence-corrected chi connectivity index (χ1v) is 10.1. The van der Waals surface area contributed by atoms with Gasteiger partial charge in [-0.1, -0.05) is 66.7 Å². The molecule has 0 saturated heterocycles. The summed E-state index contributed by atoms with van der Waals surface area (Å²) in [5.74, 6) is -0.572. The standard InChI is InChI=1S/C21H21NO4S/c1-2-26-21(23)16-22(15-17-9-4-3-5-10-17)27(24,25)20-14-8-12-18-11-6-7-13-19(18)20/h3-14H,2,15-16H2,1H3. The minimum Gasteiger partial charge on any atom is -0.465 e. The summed E-state index contributed by atoms with van der Waals surface area (Å²) in [5.41, 5.74) is 0.797. The number of rotatable bonds is 7. The lowest BCUT2D eigenvalue weighted by atomic mass is 10.1. The topological polar surface area (TPSA) is 63.7 Å². The molecule has 0 radical (unpaired) electrons. The number of hydrogen-bond donors (Lipinski definition) is 0. The summed E-state index contributed by atoms with van der Waals surface area (Å²) >= 11 is 0. The van der Waals surface area contributed by atoms with Gasteiger partial charge in [-0.2, -0.15) is 4.31 Å². The molecule has 0 fully saturated rings. The first-order valence-electron chi connectivity index (χ1n) is 8.70. The van der Waals surface area contributed by atoms with Gasteiger partial charge in [0.2, 0.25) is 10.0 Å².